The van der Waals surface area contributed by atoms with Crippen LogP contribution in [0.2, 0.25) is 0 Å². The zero-order valence-corrected chi connectivity index (χ0v) is 15.5. The van der Waals surface area contributed by atoms with Crippen LogP contribution in [0.25, 0.3) is 11.2 Å². The molecule has 8 nitrogen and oxygen atoms in total. The predicted octanol–water partition coefficient (Wildman–Crippen LogP) is 3.11. The lowest BCUT2D eigenvalue weighted by molar-refractivity contribution is 0.0602. The molecule has 0 aliphatic heterocycles. The largest absolute Gasteiger partial charge is 0.465 e. The van der Waals surface area contributed by atoms with Crippen molar-refractivity contribution in [2.24, 2.45) is 0 Å². The van der Waals surface area contributed by atoms with Gasteiger partial charge in [0.2, 0.25) is 0 Å². The molecule has 0 atom stereocenters. The van der Waals surface area contributed by atoms with Crippen molar-refractivity contribution in [3.63, 3.8) is 0 Å². The molecule has 0 radical (unpaired) electrons. The maximum Gasteiger partial charge on any atom is 0.339 e. The molecule has 8 heteroatoms. The normalized spacial score (nSPS) is 10.8. The molecule has 0 saturated carbocycles. The molecule has 0 bridgehead atoms. The lowest BCUT2D eigenvalue weighted by atomic mass is 10.2. The molecule has 2 heterocycles. The molecule has 0 saturated heterocycles. The molecule has 4 rings (SSSR count). The van der Waals surface area contributed by atoms with Crippen LogP contribution >= 0.6 is 0 Å². The van der Waals surface area contributed by atoms with Gasteiger partial charge in [0.25, 0.3) is 0 Å². The Kier molecular flexibility index (Phi) is 4.67. The summed E-state index contributed by atoms with van der Waals surface area (Å²) in [5, 5.41) is 11.7. The van der Waals surface area contributed by atoms with Crippen molar-refractivity contribution in [1.29, 1.82) is 0 Å². The molecule has 0 fully saturated rings. The lowest BCUT2D eigenvalue weighted by Crippen LogP contribution is -2.07. The van der Waals surface area contributed by atoms with Crippen molar-refractivity contribution in [3.05, 3.63) is 71.5 Å². The molecule has 2 aromatic heterocycles. The van der Waals surface area contributed by atoms with Crippen LogP contribution in [0.3, 0.4) is 0 Å². The highest BCUT2D eigenvalue weighted by Crippen LogP contribution is 2.25. The fourth-order valence-electron chi connectivity index (χ4n) is 2.92. The van der Waals surface area contributed by atoms with Gasteiger partial charge < -0.3 is 10.1 Å². The van der Waals surface area contributed by atoms with Gasteiger partial charge >= 0.3 is 5.97 Å². The predicted molar refractivity (Wildman–Crippen MR) is 104 cm³/mol. The Balaban J connectivity index is 1.74. The SMILES string of the molecule is COC(=O)c1ccccc1Nc1nc(C)nc2c1nnn2Cc1ccccc1. The van der Waals surface area contributed by atoms with Gasteiger partial charge in [0.1, 0.15) is 5.82 Å². The number of nitrogens with zero attached hydrogens (tertiary/aromatic N) is 5. The summed E-state index contributed by atoms with van der Waals surface area (Å²) in [6.07, 6.45) is 0. The first-order chi connectivity index (χ1) is 13.7. The highest BCUT2D eigenvalue weighted by atomic mass is 16.5. The average molecular weight is 374 g/mol. The summed E-state index contributed by atoms with van der Waals surface area (Å²) >= 11 is 0. The van der Waals surface area contributed by atoms with Crippen LogP contribution in [-0.2, 0) is 11.3 Å². The first-order valence-corrected chi connectivity index (χ1v) is 8.72. The first-order valence-electron chi connectivity index (χ1n) is 8.72. The Morgan fingerprint density at radius 3 is 2.61 bits per heavy atom. The maximum absolute atomic E-state index is 12.0. The molecule has 4 aromatic rings. The van der Waals surface area contributed by atoms with Gasteiger partial charge in [-0.05, 0) is 24.6 Å². The molecule has 0 spiro atoms. The Bertz CT molecular complexity index is 1140. The van der Waals surface area contributed by atoms with Gasteiger partial charge in [0.05, 0.1) is 24.9 Å². The zero-order valence-electron chi connectivity index (χ0n) is 15.5. The van der Waals surface area contributed by atoms with Crippen molar-refractivity contribution in [3.8, 4) is 0 Å². The second-order valence-corrected chi connectivity index (χ2v) is 6.19. The number of para-hydroxylation sites is 1. The molecule has 0 unspecified atom stereocenters. The summed E-state index contributed by atoms with van der Waals surface area (Å²) in [4.78, 5) is 21.0. The number of nitrogens with one attached hydrogen (secondary N) is 1. The second kappa shape index (κ2) is 7.43. The number of hydrogen-bond acceptors (Lipinski definition) is 7. The van der Waals surface area contributed by atoms with Crippen molar-refractivity contribution in [2.45, 2.75) is 13.5 Å². The Morgan fingerprint density at radius 2 is 1.82 bits per heavy atom. The van der Waals surface area contributed by atoms with E-state index in [1.54, 1.807) is 29.8 Å². The number of methoxy groups -OCH3 is 1. The van der Waals surface area contributed by atoms with E-state index in [-0.39, 0.29) is 0 Å². The van der Waals surface area contributed by atoms with E-state index >= 15 is 0 Å². The summed E-state index contributed by atoms with van der Waals surface area (Å²) in [7, 11) is 1.35. The third kappa shape index (κ3) is 3.39. The summed E-state index contributed by atoms with van der Waals surface area (Å²) in [6.45, 7) is 2.35. The molecule has 0 aliphatic rings. The number of rotatable bonds is 5. The summed E-state index contributed by atoms with van der Waals surface area (Å²) in [5.41, 5.74) is 3.23. The molecule has 1 N–H and O–H groups in total. The number of anilines is 2. The van der Waals surface area contributed by atoms with E-state index in [1.165, 1.54) is 7.11 Å². The highest BCUT2D eigenvalue weighted by molar-refractivity contribution is 5.97. The van der Waals surface area contributed by atoms with Gasteiger partial charge in [-0.1, -0.05) is 47.7 Å². The van der Waals surface area contributed by atoms with E-state index in [0.717, 1.165) is 5.56 Å². The fraction of sp³-hybridized carbons (Fsp3) is 0.150. The van der Waals surface area contributed by atoms with Crippen LogP contribution in [0.4, 0.5) is 11.5 Å². The average Bonchev–Trinajstić information content (AvgIpc) is 3.11. The third-order valence-electron chi connectivity index (χ3n) is 4.24. The van der Waals surface area contributed by atoms with Crippen LogP contribution in [0.1, 0.15) is 21.7 Å². The van der Waals surface area contributed by atoms with E-state index < -0.39 is 5.97 Å². The van der Waals surface area contributed by atoms with E-state index in [1.807, 2.05) is 36.4 Å². The highest BCUT2D eigenvalue weighted by Gasteiger charge is 2.17. The first kappa shape index (κ1) is 17.6. The van der Waals surface area contributed by atoms with Gasteiger partial charge in [0.15, 0.2) is 17.0 Å². The molecular weight excluding hydrogens is 356 g/mol. The smallest absolute Gasteiger partial charge is 0.339 e. The quantitative estimate of drug-likeness (QED) is 0.536. The molecule has 28 heavy (non-hydrogen) atoms. The number of fused-ring (bicyclic) bond motifs is 1. The minimum Gasteiger partial charge on any atom is -0.465 e. The van der Waals surface area contributed by atoms with Crippen LogP contribution in [0, 0.1) is 6.92 Å². The van der Waals surface area contributed by atoms with Crippen LogP contribution < -0.4 is 5.32 Å². The molecule has 2 aromatic carbocycles. The Labute approximate surface area is 161 Å². The summed E-state index contributed by atoms with van der Waals surface area (Å²) in [6, 6.07) is 17.0. The number of aromatic nitrogens is 5. The number of hydrogen-bond donors (Lipinski definition) is 1. The van der Waals surface area contributed by atoms with E-state index in [2.05, 4.69) is 25.6 Å². The minimum atomic E-state index is -0.433. The van der Waals surface area contributed by atoms with Crippen molar-refractivity contribution in [1.82, 2.24) is 25.0 Å². The van der Waals surface area contributed by atoms with Gasteiger partial charge in [0, 0.05) is 0 Å². The third-order valence-corrected chi connectivity index (χ3v) is 4.24. The number of carbonyl (C=O) groups excluding carboxylic acids is 1. The summed E-state index contributed by atoms with van der Waals surface area (Å²) < 4.78 is 6.59. The molecule has 0 amide bonds. The maximum atomic E-state index is 12.0. The Hall–Kier alpha value is -3.81. The van der Waals surface area contributed by atoms with Crippen LogP contribution in [-0.4, -0.2) is 38.0 Å². The summed E-state index contributed by atoms with van der Waals surface area (Å²) in [5.74, 6) is 0.623. The number of aryl methyl sites for hydroxylation is 1. The molecular formula is C20H18N6O2. The van der Waals surface area contributed by atoms with Gasteiger partial charge in [-0.2, -0.15) is 0 Å². The molecule has 0 aliphatic carbocycles. The number of carbonyl (C=O) groups is 1. The van der Waals surface area contributed by atoms with Gasteiger partial charge in [-0.25, -0.2) is 19.4 Å². The minimum absolute atomic E-state index is 0.408. The van der Waals surface area contributed by atoms with Crippen molar-refractivity contribution < 1.29 is 9.53 Å². The van der Waals surface area contributed by atoms with Crippen LogP contribution in [0.5, 0.6) is 0 Å². The van der Waals surface area contributed by atoms with Crippen LogP contribution in [0.15, 0.2) is 54.6 Å². The monoisotopic (exact) mass is 374 g/mol. The second-order valence-electron chi connectivity index (χ2n) is 6.19. The number of ether oxygens (including phenoxy) is 1. The molecule has 140 valence electrons. The standard InChI is InChI=1S/C20H18N6O2/c1-13-21-18(23-16-11-7-6-10-15(16)20(27)28-2)17-19(22-13)26(25-24-17)12-14-8-4-3-5-9-14/h3-11H,12H2,1-2H3,(H,21,22,23). The van der Waals surface area contributed by atoms with Crippen molar-refractivity contribution >= 4 is 28.6 Å². The fourth-order valence-corrected chi connectivity index (χ4v) is 2.92. The van der Waals surface area contributed by atoms with Gasteiger partial charge in [-0.15, -0.1) is 5.10 Å². The Morgan fingerprint density at radius 1 is 1.07 bits per heavy atom. The van der Waals surface area contributed by atoms with E-state index in [0.29, 0.717) is 40.6 Å². The van der Waals surface area contributed by atoms with E-state index in [9.17, 15) is 4.79 Å². The van der Waals surface area contributed by atoms with Crippen molar-refractivity contribution in [2.75, 3.05) is 12.4 Å². The topological polar surface area (TPSA) is 94.8 Å². The van der Waals surface area contributed by atoms with E-state index in [4.69, 9.17) is 4.74 Å². The number of esters is 1. The lowest BCUT2D eigenvalue weighted by Gasteiger charge is -2.10. The zero-order chi connectivity index (χ0) is 19.5. The number of benzene rings is 2. The van der Waals surface area contributed by atoms with Gasteiger partial charge in [-0.3, -0.25) is 0 Å².